The van der Waals surface area contributed by atoms with Crippen LogP contribution in [0.4, 0.5) is 4.39 Å². The minimum absolute atomic E-state index is 0.275. The summed E-state index contributed by atoms with van der Waals surface area (Å²) >= 11 is 0. The molecule has 15 heavy (non-hydrogen) atoms. The van der Waals surface area contributed by atoms with E-state index in [2.05, 4.69) is 0 Å². The van der Waals surface area contributed by atoms with Crippen LogP contribution in [0.3, 0.4) is 0 Å². The summed E-state index contributed by atoms with van der Waals surface area (Å²) in [5, 5.41) is 0. The second kappa shape index (κ2) is 4.19. The third-order valence-corrected chi connectivity index (χ3v) is 2.65. The van der Waals surface area contributed by atoms with Crippen molar-refractivity contribution in [3.8, 4) is 5.75 Å². The van der Waals surface area contributed by atoms with Crippen molar-refractivity contribution in [3.63, 3.8) is 0 Å². The normalized spacial score (nSPS) is 17.5. The van der Waals surface area contributed by atoms with E-state index < -0.39 is 0 Å². The van der Waals surface area contributed by atoms with Crippen molar-refractivity contribution in [3.05, 3.63) is 29.6 Å². The molecule has 82 valence electrons. The van der Waals surface area contributed by atoms with E-state index in [0.29, 0.717) is 23.8 Å². The maximum absolute atomic E-state index is 13.5. The minimum Gasteiger partial charge on any atom is -0.493 e. The van der Waals surface area contributed by atoms with Crippen molar-refractivity contribution in [1.82, 2.24) is 0 Å². The number of hydrogen-bond acceptors (Lipinski definition) is 2. The maximum Gasteiger partial charge on any atom is 0.131 e. The van der Waals surface area contributed by atoms with Gasteiger partial charge in [-0.05, 0) is 31.7 Å². The summed E-state index contributed by atoms with van der Waals surface area (Å²) in [7, 11) is 0. The summed E-state index contributed by atoms with van der Waals surface area (Å²) in [6.45, 7) is 2.47. The standard InChI is InChI=1S/C12H16FNO/c1-8(14)11-5-4-10(6-12(11)13)15-7-9-2-3-9/h4-6,8-9H,2-3,7,14H2,1H3/t8-/m0/s1. The van der Waals surface area contributed by atoms with Crippen molar-refractivity contribution in [2.75, 3.05) is 6.61 Å². The molecule has 2 rings (SSSR count). The van der Waals surface area contributed by atoms with Gasteiger partial charge in [-0.25, -0.2) is 4.39 Å². The average molecular weight is 209 g/mol. The fourth-order valence-corrected chi connectivity index (χ4v) is 1.47. The third-order valence-electron chi connectivity index (χ3n) is 2.65. The summed E-state index contributed by atoms with van der Waals surface area (Å²) in [5.74, 6) is 1.00. The number of rotatable bonds is 4. The summed E-state index contributed by atoms with van der Waals surface area (Å²) in [6, 6.07) is 4.62. The summed E-state index contributed by atoms with van der Waals surface area (Å²) in [4.78, 5) is 0. The molecule has 0 bridgehead atoms. The highest BCUT2D eigenvalue weighted by Crippen LogP contribution is 2.30. The highest BCUT2D eigenvalue weighted by molar-refractivity contribution is 5.30. The Morgan fingerprint density at radius 2 is 2.27 bits per heavy atom. The predicted octanol–water partition coefficient (Wildman–Crippen LogP) is 2.63. The molecule has 1 aliphatic carbocycles. The topological polar surface area (TPSA) is 35.2 Å². The van der Waals surface area contributed by atoms with Crippen LogP contribution < -0.4 is 10.5 Å². The van der Waals surface area contributed by atoms with Gasteiger partial charge in [-0.1, -0.05) is 6.07 Å². The Balaban J connectivity index is 2.03. The molecule has 0 saturated heterocycles. The number of halogens is 1. The van der Waals surface area contributed by atoms with E-state index in [-0.39, 0.29) is 11.9 Å². The Morgan fingerprint density at radius 1 is 1.53 bits per heavy atom. The molecule has 3 heteroatoms. The molecule has 1 aromatic rings. The van der Waals surface area contributed by atoms with E-state index in [1.165, 1.54) is 18.9 Å². The lowest BCUT2D eigenvalue weighted by atomic mass is 10.1. The van der Waals surface area contributed by atoms with Gasteiger partial charge in [-0.2, -0.15) is 0 Å². The van der Waals surface area contributed by atoms with Gasteiger partial charge in [0.15, 0.2) is 0 Å². The molecule has 0 unspecified atom stereocenters. The molecule has 0 aromatic heterocycles. The van der Waals surface area contributed by atoms with E-state index in [4.69, 9.17) is 10.5 Å². The number of ether oxygens (including phenoxy) is 1. The Kier molecular flexibility index (Phi) is 2.91. The fourth-order valence-electron chi connectivity index (χ4n) is 1.47. The Bertz CT molecular complexity index is 347. The zero-order valence-electron chi connectivity index (χ0n) is 8.87. The molecular formula is C12H16FNO. The monoisotopic (exact) mass is 209 g/mol. The van der Waals surface area contributed by atoms with Crippen molar-refractivity contribution in [2.24, 2.45) is 11.7 Å². The largest absolute Gasteiger partial charge is 0.493 e. The maximum atomic E-state index is 13.5. The molecule has 0 aliphatic heterocycles. The zero-order valence-corrected chi connectivity index (χ0v) is 8.87. The number of nitrogens with two attached hydrogens (primary N) is 1. The first kappa shape index (κ1) is 10.4. The van der Waals surface area contributed by atoms with Crippen LogP contribution in [-0.4, -0.2) is 6.61 Å². The number of hydrogen-bond donors (Lipinski definition) is 1. The van der Waals surface area contributed by atoms with Crippen LogP contribution in [0.5, 0.6) is 5.75 Å². The molecule has 0 spiro atoms. The van der Waals surface area contributed by atoms with Gasteiger partial charge in [0.05, 0.1) is 6.61 Å². The molecule has 1 aliphatic rings. The first-order valence-corrected chi connectivity index (χ1v) is 5.34. The molecule has 2 nitrogen and oxygen atoms in total. The lowest BCUT2D eigenvalue weighted by molar-refractivity contribution is 0.298. The lowest BCUT2D eigenvalue weighted by Crippen LogP contribution is -2.08. The Morgan fingerprint density at radius 3 is 2.80 bits per heavy atom. The van der Waals surface area contributed by atoms with E-state index >= 15 is 0 Å². The quantitative estimate of drug-likeness (QED) is 0.827. The molecule has 0 radical (unpaired) electrons. The SMILES string of the molecule is C[C@H](N)c1ccc(OCC2CC2)cc1F. The molecule has 1 saturated carbocycles. The van der Waals surface area contributed by atoms with Gasteiger partial charge in [0.2, 0.25) is 0 Å². The van der Waals surface area contributed by atoms with Crippen LogP contribution in [0.15, 0.2) is 18.2 Å². The highest BCUT2D eigenvalue weighted by Gasteiger charge is 2.22. The second-order valence-corrected chi connectivity index (χ2v) is 4.23. The minimum atomic E-state index is -0.279. The molecule has 0 heterocycles. The lowest BCUT2D eigenvalue weighted by Gasteiger charge is -2.10. The smallest absolute Gasteiger partial charge is 0.131 e. The summed E-state index contributed by atoms with van der Waals surface area (Å²) < 4.78 is 18.9. The van der Waals surface area contributed by atoms with Crippen LogP contribution in [0.1, 0.15) is 31.4 Å². The average Bonchev–Trinajstić information content (AvgIpc) is 2.97. The predicted molar refractivity (Wildman–Crippen MR) is 57.2 cm³/mol. The molecule has 1 aromatic carbocycles. The van der Waals surface area contributed by atoms with Gasteiger partial charge in [-0.15, -0.1) is 0 Å². The van der Waals surface area contributed by atoms with Gasteiger partial charge in [0, 0.05) is 17.7 Å². The molecular weight excluding hydrogens is 193 g/mol. The van der Waals surface area contributed by atoms with Gasteiger partial charge in [0.1, 0.15) is 11.6 Å². The van der Waals surface area contributed by atoms with E-state index in [9.17, 15) is 4.39 Å². The Labute approximate surface area is 89.2 Å². The first-order chi connectivity index (χ1) is 7.16. The second-order valence-electron chi connectivity index (χ2n) is 4.23. The Hall–Kier alpha value is -1.09. The van der Waals surface area contributed by atoms with Crippen LogP contribution in [-0.2, 0) is 0 Å². The third kappa shape index (κ3) is 2.69. The molecule has 2 N–H and O–H groups in total. The number of benzene rings is 1. The fraction of sp³-hybridized carbons (Fsp3) is 0.500. The zero-order chi connectivity index (χ0) is 10.8. The highest BCUT2D eigenvalue weighted by atomic mass is 19.1. The van der Waals surface area contributed by atoms with Crippen molar-refractivity contribution >= 4 is 0 Å². The molecule has 1 atom stereocenters. The van der Waals surface area contributed by atoms with E-state index in [1.54, 1.807) is 19.1 Å². The van der Waals surface area contributed by atoms with Crippen LogP contribution in [0, 0.1) is 11.7 Å². The first-order valence-electron chi connectivity index (χ1n) is 5.34. The molecule has 0 amide bonds. The van der Waals surface area contributed by atoms with Gasteiger partial charge >= 0.3 is 0 Å². The van der Waals surface area contributed by atoms with Crippen LogP contribution >= 0.6 is 0 Å². The van der Waals surface area contributed by atoms with Gasteiger partial charge in [-0.3, -0.25) is 0 Å². The van der Waals surface area contributed by atoms with Gasteiger partial charge < -0.3 is 10.5 Å². The van der Waals surface area contributed by atoms with E-state index in [0.717, 1.165) is 0 Å². The van der Waals surface area contributed by atoms with Crippen molar-refractivity contribution < 1.29 is 9.13 Å². The van der Waals surface area contributed by atoms with Crippen LogP contribution in [0.2, 0.25) is 0 Å². The van der Waals surface area contributed by atoms with Crippen molar-refractivity contribution in [2.45, 2.75) is 25.8 Å². The van der Waals surface area contributed by atoms with Gasteiger partial charge in [0.25, 0.3) is 0 Å². The summed E-state index contributed by atoms with van der Waals surface area (Å²) in [5.41, 5.74) is 6.15. The van der Waals surface area contributed by atoms with E-state index in [1.807, 2.05) is 0 Å². The van der Waals surface area contributed by atoms with Crippen molar-refractivity contribution in [1.29, 1.82) is 0 Å². The summed E-state index contributed by atoms with van der Waals surface area (Å²) in [6.07, 6.45) is 2.47. The van der Waals surface area contributed by atoms with Crippen LogP contribution in [0.25, 0.3) is 0 Å². The molecule has 1 fully saturated rings.